The van der Waals surface area contributed by atoms with Crippen molar-refractivity contribution in [1.82, 2.24) is 0 Å². The van der Waals surface area contributed by atoms with Crippen molar-refractivity contribution in [3.8, 4) is 0 Å². The average molecular weight is 261 g/mol. The zero-order chi connectivity index (χ0) is 13.1. The topological polar surface area (TPSA) is 20.2 Å². The largest absolute Gasteiger partial charge is 0.388 e. The summed E-state index contributed by atoms with van der Waals surface area (Å²) in [5.41, 5.74) is 4.37. The van der Waals surface area contributed by atoms with E-state index in [0.29, 0.717) is 11.4 Å². The van der Waals surface area contributed by atoms with Crippen LogP contribution in [0, 0.1) is 13.8 Å². The maximum atomic E-state index is 10.3. The molecule has 0 heterocycles. The smallest absolute Gasteiger partial charge is 0.0833 e. The average Bonchev–Trinajstić information content (AvgIpc) is 2.32. The maximum absolute atomic E-state index is 10.3. The third-order valence-corrected chi connectivity index (χ3v) is 3.50. The number of aliphatic hydroxyl groups excluding tert-OH is 1. The molecule has 0 aliphatic rings. The number of hydrogen-bond donors (Lipinski definition) is 1. The molecule has 2 aromatic rings. The molecule has 0 spiro atoms. The van der Waals surface area contributed by atoms with E-state index >= 15 is 0 Å². The predicted molar refractivity (Wildman–Crippen MR) is 76.0 cm³/mol. The molecule has 0 aromatic heterocycles. The van der Waals surface area contributed by atoms with Gasteiger partial charge < -0.3 is 5.11 Å². The van der Waals surface area contributed by atoms with E-state index in [2.05, 4.69) is 19.1 Å². The van der Waals surface area contributed by atoms with E-state index in [-0.39, 0.29) is 0 Å². The molecule has 1 nitrogen and oxygen atoms in total. The van der Waals surface area contributed by atoms with Crippen LogP contribution in [0.2, 0.25) is 5.02 Å². The molecular weight excluding hydrogens is 244 g/mol. The summed E-state index contributed by atoms with van der Waals surface area (Å²) in [7, 11) is 0. The van der Waals surface area contributed by atoms with Gasteiger partial charge in [-0.1, -0.05) is 41.9 Å². The van der Waals surface area contributed by atoms with Crippen LogP contribution in [0.5, 0.6) is 0 Å². The fraction of sp³-hybridized carbons (Fsp3) is 0.250. The SMILES string of the molecule is Cc1ccccc1CC(O)c1ccc(Cl)cc1C. The Morgan fingerprint density at radius 2 is 1.78 bits per heavy atom. The summed E-state index contributed by atoms with van der Waals surface area (Å²) in [4.78, 5) is 0. The zero-order valence-electron chi connectivity index (χ0n) is 10.7. The highest BCUT2D eigenvalue weighted by Gasteiger charge is 2.12. The minimum atomic E-state index is -0.483. The fourth-order valence-corrected chi connectivity index (χ4v) is 2.40. The van der Waals surface area contributed by atoms with Crippen LogP contribution in [0.3, 0.4) is 0 Å². The predicted octanol–water partition coefficient (Wildman–Crippen LogP) is 4.23. The summed E-state index contributed by atoms with van der Waals surface area (Å²) in [6.45, 7) is 4.04. The van der Waals surface area contributed by atoms with Crippen LogP contribution in [-0.4, -0.2) is 5.11 Å². The van der Waals surface area contributed by atoms with Crippen LogP contribution in [0.15, 0.2) is 42.5 Å². The molecular formula is C16H17ClO. The number of aliphatic hydroxyl groups is 1. The molecule has 1 atom stereocenters. The van der Waals surface area contributed by atoms with Crippen molar-refractivity contribution in [2.24, 2.45) is 0 Å². The third kappa shape index (κ3) is 2.92. The second-order valence-corrected chi connectivity index (χ2v) is 5.08. The molecule has 0 fully saturated rings. The quantitative estimate of drug-likeness (QED) is 0.876. The molecule has 0 amide bonds. The second-order valence-electron chi connectivity index (χ2n) is 4.65. The first-order valence-electron chi connectivity index (χ1n) is 6.06. The molecule has 1 unspecified atom stereocenters. The number of hydrogen-bond acceptors (Lipinski definition) is 1. The van der Waals surface area contributed by atoms with E-state index in [1.807, 2.05) is 37.3 Å². The molecule has 0 bridgehead atoms. The Morgan fingerprint density at radius 3 is 2.44 bits per heavy atom. The second kappa shape index (κ2) is 5.55. The van der Waals surface area contributed by atoms with Crippen molar-refractivity contribution in [3.05, 3.63) is 69.7 Å². The van der Waals surface area contributed by atoms with Crippen molar-refractivity contribution in [3.63, 3.8) is 0 Å². The van der Waals surface area contributed by atoms with Gasteiger partial charge in [-0.15, -0.1) is 0 Å². The minimum absolute atomic E-state index is 0.483. The first kappa shape index (κ1) is 13.1. The summed E-state index contributed by atoms with van der Waals surface area (Å²) in [6.07, 6.45) is 0.151. The lowest BCUT2D eigenvalue weighted by Gasteiger charge is -2.15. The molecule has 2 heteroatoms. The molecule has 1 N–H and O–H groups in total. The van der Waals surface area contributed by atoms with Gasteiger partial charge in [0.15, 0.2) is 0 Å². The molecule has 94 valence electrons. The van der Waals surface area contributed by atoms with Gasteiger partial charge in [0.05, 0.1) is 6.10 Å². The van der Waals surface area contributed by atoms with Crippen LogP contribution in [0.25, 0.3) is 0 Å². The zero-order valence-corrected chi connectivity index (χ0v) is 11.4. The number of aryl methyl sites for hydroxylation is 2. The monoisotopic (exact) mass is 260 g/mol. The first-order chi connectivity index (χ1) is 8.58. The molecule has 18 heavy (non-hydrogen) atoms. The Balaban J connectivity index is 2.22. The standard InChI is InChI=1S/C16H17ClO/c1-11-5-3-4-6-13(11)10-16(18)15-8-7-14(17)9-12(15)2/h3-9,16,18H,10H2,1-2H3. The van der Waals surface area contributed by atoms with E-state index in [0.717, 1.165) is 11.1 Å². The van der Waals surface area contributed by atoms with Crippen LogP contribution >= 0.6 is 11.6 Å². The fourth-order valence-electron chi connectivity index (χ4n) is 2.17. The lowest BCUT2D eigenvalue weighted by Crippen LogP contribution is -2.05. The molecule has 0 saturated carbocycles. The van der Waals surface area contributed by atoms with Crippen molar-refractivity contribution in [1.29, 1.82) is 0 Å². The lowest BCUT2D eigenvalue weighted by molar-refractivity contribution is 0.177. The van der Waals surface area contributed by atoms with E-state index in [4.69, 9.17) is 11.6 Å². The Bertz CT molecular complexity index is 549. The maximum Gasteiger partial charge on any atom is 0.0833 e. The van der Waals surface area contributed by atoms with Gasteiger partial charge in [0.1, 0.15) is 0 Å². The summed E-state index contributed by atoms with van der Waals surface area (Å²) in [6, 6.07) is 13.8. The van der Waals surface area contributed by atoms with Gasteiger partial charge in [-0.3, -0.25) is 0 Å². The van der Waals surface area contributed by atoms with E-state index in [1.165, 1.54) is 11.1 Å². The van der Waals surface area contributed by atoms with Crippen LogP contribution < -0.4 is 0 Å². The van der Waals surface area contributed by atoms with Crippen LogP contribution in [0.4, 0.5) is 0 Å². The number of halogens is 1. The van der Waals surface area contributed by atoms with Gasteiger partial charge in [-0.05, 0) is 48.2 Å². The lowest BCUT2D eigenvalue weighted by atomic mass is 9.96. The van der Waals surface area contributed by atoms with E-state index < -0.39 is 6.10 Å². The number of rotatable bonds is 3. The number of benzene rings is 2. The van der Waals surface area contributed by atoms with Gasteiger partial charge in [0.2, 0.25) is 0 Å². The van der Waals surface area contributed by atoms with Crippen LogP contribution in [0.1, 0.15) is 28.4 Å². The van der Waals surface area contributed by atoms with Crippen molar-refractivity contribution >= 4 is 11.6 Å². The summed E-state index contributed by atoms with van der Waals surface area (Å²) in [5, 5.41) is 11.0. The first-order valence-corrected chi connectivity index (χ1v) is 6.44. The normalized spacial score (nSPS) is 12.4. The van der Waals surface area contributed by atoms with E-state index in [9.17, 15) is 5.11 Å². The van der Waals surface area contributed by atoms with Gasteiger partial charge in [0.25, 0.3) is 0 Å². The Labute approximate surface area is 113 Å². The summed E-state index contributed by atoms with van der Waals surface area (Å²) in [5.74, 6) is 0. The highest BCUT2D eigenvalue weighted by molar-refractivity contribution is 6.30. The summed E-state index contributed by atoms with van der Waals surface area (Å²) >= 11 is 5.93. The van der Waals surface area contributed by atoms with E-state index in [1.54, 1.807) is 0 Å². The third-order valence-electron chi connectivity index (χ3n) is 3.27. The highest BCUT2D eigenvalue weighted by Crippen LogP contribution is 2.25. The molecule has 2 rings (SSSR count). The molecule has 0 aliphatic heterocycles. The minimum Gasteiger partial charge on any atom is -0.388 e. The molecule has 0 saturated heterocycles. The van der Waals surface area contributed by atoms with Gasteiger partial charge in [-0.25, -0.2) is 0 Å². The molecule has 0 radical (unpaired) electrons. The van der Waals surface area contributed by atoms with Crippen molar-refractivity contribution in [2.45, 2.75) is 26.4 Å². The van der Waals surface area contributed by atoms with Crippen LogP contribution in [-0.2, 0) is 6.42 Å². The van der Waals surface area contributed by atoms with Gasteiger partial charge >= 0.3 is 0 Å². The molecule has 0 aliphatic carbocycles. The van der Waals surface area contributed by atoms with Crippen molar-refractivity contribution < 1.29 is 5.11 Å². The Kier molecular flexibility index (Phi) is 4.05. The van der Waals surface area contributed by atoms with Gasteiger partial charge in [0, 0.05) is 11.4 Å². The Hall–Kier alpha value is -1.31. The Morgan fingerprint density at radius 1 is 1.06 bits per heavy atom. The highest BCUT2D eigenvalue weighted by atomic mass is 35.5. The van der Waals surface area contributed by atoms with Crippen molar-refractivity contribution in [2.75, 3.05) is 0 Å². The van der Waals surface area contributed by atoms with Gasteiger partial charge in [-0.2, -0.15) is 0 Å². The summed E-state index contributed by atoms with van der Waals surface area (Å²) < 4.78 is 0. The molecule has 2 aromatic carbocycles.